The summed E-state index contributed by atoms with van der Waals surface area (Å²) >= 11 is 0. The smallest absolute Gasteiger partial charge is 0.271 e. The number of hydrogen-bond donors (Lipinski definition) is 1. The van der Waals surface area contributed by atoms with Crippen molar-refractivity contribution in [2.45, 2.75) is 59.4 Å². The van der Waals surface area contributed by atoms with E-state index in [9.17, 15) is 4.79 Å². The molecule has 0 aromatic carbocycles. The van der Waals surface area contributed by atoms with Crippen LogP contribution in [-0.2, 0) is 0 Å². The van der Waals surface area contributed by atoms with E-state index in [4.69, 9.17) is 0 Å². The average Bonchev–Trinajstić information content (AvgIpc) is 2.38. The molecular weight excluding hydrogens is 250 g/mol. The minimum absolute atomic E-state index is 0.0985. The third-order valence-electron chi connectivity index (χ3n) is 4.21. The van der Waals surface area contributed by atoms with E-state index in [-0.39, 0.29) is 17.4 Å². The number of aromatic nitrogens is 2. The lowest BCUT2D eigenvalue weighted by Gasteiger charge is -2.40. The van der Waals surface area contributed by atoms with E-state index < -0.39 is 0 Å². The number of amides is 1. The van der Waals surface area contributed by atoms with Crippen LogP contribution in [0.25, 0.3) is 0 Å². The highest BCUT2D eigenvalue weighted by molar-refractivity contribution is 5.92. The fraction of sp³-hybridized carbons (Fsp3) is 0.688. The van der Waals surface area contributed by atoms with Crippen LogP contribution in [0.15, 0.2) is 12.4 Å². The summed E-state index contributed by atoms with van der Waals surface area (Å²) < 4.78 is 0. The van der Waals surface area contributed by atoms with Gasteiger partial charge in [-0.05, 0) is 31.1 Å². The van der Waals surface area contributed by atoms with E-state index in [1.807, 2.05) is 6.92 Å². The molecule has 2 rings (SSSR count). The Morgan fingerprint density at radius 3 is 2.50 bits per heavy atom. The van der Waals surface area contributed by atoms with Gasteiger partial charge in [0.1, 0.15) is 5.69 Å². The lowest BCUT2D eigenvalue weighted by atomic mass is 9.69. The van der Waals surface area contributed by atoms with Gasteiger partial charge < -0.3 is 5.32 Å². The summed E-state index contributed by atoms with van der Waals surface area (Å²) in [7, 11) is 0. The number of hydrogen-bond acceptors (Lipinski definition) is 3. The third-order valence-corrected chi connectivity index (χ3v) is 4.21. The monoisotopic (exact) mass is 275 g/mol. The molecule has 0 unspecified atom stereocenters. The predicted molar refractivity (Wildman–Crippen MR) is 79.4 cm³/mol. The first kappa shape index (κ1) is 14.9. The van der Waals surface area contributed by atoms with Crippen LogP contribution in [0, 0.1) is 18.3 Å². The Kier molecular flexibility index (Phi) is 4.41. The Hall–Kier alpha value is -1.45. The summed E-state index contributed by atoms with van der Waals surface area (Å²) in [5.41, 5.74) is 1.46. The molecule has 2 atom stereocenters. The van der Waals surface area contributed by atoms with Gasteiger partial charge >= 0.3 is 0 Å². The van der Waals surface area contributed by atoms with Gasteiger partial charge in [0.15, 0.2) is 0 Å². The van der Waals surface area contributed by atoms with Crippen molar-refractivity contribution in [3.8, 4) is 0 Å². The lowest BCUT2D eigenvalue weighted by Crippen LogP contribution is -2.46. The van der Waals surface area contributed by atoms with Gasteiger partial charge in [-0.1, -0.05) is 33.6 Å². The molecule has 4 nitrogen and oxygen atoms in total. The number of carbonyl (C=O) groups is 1. The third kappa shape index (κ3) is 3.56. The van der Waals surface area contributed by atoms with Gasteiger partial charge in [0.25, 0.3) is 5.91 Å². The van der Waals surface area contributed by atoms with Gasteiger partial charge in [0.2, 0.25) is 0 Å². The Bertz CT molecular complexity index is 462. The Balaban J connectivity index is 2.07. The summed E-state index contributed by atoms with van der Waals surface area (Å²) in [6.45, 7) is 8.64. The minimum Gasteiger partial charge on any atom is -0.348 e. The van der Waals surface area contributed by atoms with Crippen LogP contribution >= 0.6 is 0 Å². The molecule has 1 N–H and O–H groups in total. The number of nitrogens with one attached hydrogen (secondary N) is 1. The lowest BCUT2D eigenvalue weighted by molar-refractivity contribution is 0.0825. The summed E-state index contributed by atoms with van der Waals surface area (Å²) in [5.74, 6) is 0.428. The Morgan fingerprint density at radius 2 is 1.90 bits per heavy atom. The zero-order valence-corrected chi connectivity index (χ0v) is 12.9. The van der Waals surface area contributed by atoms with E-state index in [0.717, 1.165) is 12.1 Å². The van der Waals surface area contributed by atoms with Gasteiger partial charge in [-0.15, -0.1) is 0 Å². The fourth-order valence-corrected chi connectivity index (χ4v) is 3.09. The summed E-state index contributed by atoms with van der Waals surface area (Å²) in [4.78, 5) is 20.6. The quantitative estimate of drug-likeness (QED) is 0.902. The molecule has 4 heteroatoms. The van der Waals surface area contributed by atoms with E-state index in [0.29, 0.717) is 11.6 Å². The predicted octanol–water partition coefficient (Wildman–Crippen LogP) is 3.12. The van der Waals surface area contributed by atoms with Gasteiger partial charge in [0, 0.05) is 12.2 Å². The van der Waals surface area contributed by atoms with Crippen molar-refractivity contribution in [3.63, 3.8) is 0 Å². The van der Waals surface area contributed by atoms with Crippen LogP contribution < -0.4 is 5.32 Å². The highest BCUT2D eigenvalue weighted by Crippen LogP contribution is 2.38. The van der Waals surface area contributed by atoms with Crippen LogP contribution in [0.4, 0.5) is 0 Å². The van der Waals surface area contributed by atoms with Crippen molar-refractivity contribution in [1.29, 1.82) is 0 Å². The van der Waals surface area contributed by atoms with E-state index >= 15 is 0 Å². The van der Waals surface area contributed by atoms with Crippen molar-refractivity contribution in [2.24, 2.45) is 11.3 Å². The molecule has 1 heterocycles. The van der Waals surface area contributed by atoms with Gasteiger partial charge in [-0.2, -0.15) is 0 Å². The molecule has 1 aliphatic carbocycles. The molecule has 0 radical (unpaired) electrons. The maximum Gasteiger partial charge on any atom is 0.271 e. The first-order chi connectivity index (χ1) is 9.38. The van der Waals surface area contributed by atoms with Crippen LogP contribution in [0.2, 0.25) is 0 Å². The van der Waals surface area contributed by atoms with Crippen molar-refractivity contribution in [1.82, 2.24) is 15.3 Å². The molecule has 0 bridgehead atoms. The molecule has 1 aromatic heterocycles. The largest absolute Gasteiger partial charge is 0.348 e. The zero-order chi connectivity index (χ0) is 14.8. The highest BCUT2D eigenvalue weighted by Gasteiger charge is 2.35. The zero-order valence-electron chi connectivity index (χ0n) is 12.9. The molecule has 0 aliphatic heterocycles. The summed E-state index contributed by atoms with van der Waals surface area (Å²) in [6, 6.07) is 0.249. The van der Waals surface area contributed by atoms with Crippen LogP contribution in [-0.4, -0.2) is 21.9 Å². The maximum atomic E-state index is 12.3. The van der Waals surface area contributed by atoms with Crippen LogP contribution in [0.5, 0.6) is 0 Å². The van der Waals surface area contributed by atoms with Gasteiger partial charge in [-0.3, -0.25) is 9.78 Å². The van der Waals surface area contributed by atoms with E-state index in [1.165, 1.54) is 19.3 Å². The SMILES string of the molecule is Cc1cnc(C(=O)N[C@@H]2CCCC[C@@H]2C(C)(C)C)cn1. The molecule has 0 spiro atoms. The molecule has 1 amide bonds. The summed E-state index contributed by atoms with van der Waals surface area (Å²) in [6.07, 6.45) is 7.90. The second-order valence-corrected chi connectivity index (χ2v) is 6.88. The standard InChI is InChI=1S/C16H25N3O/c1-11-9-18-14(10-17-11)15(20)19-13-8-6-5-7-12(13)16(2,3)4/h9-10,12-13H,5-8H2,1-4H3,(H,19,20)/t12-,13+/m0/s1. The van der Waals surface area contributed by atoms with Crippen molar-refractivity contribution >= 4 is 5.91 Å². The highest BCUT2D eigenvalue weighted by atomic mass is 16.1. The molecule has 110 valence electrons. The van der Waals surface area contributed by atoms with Gasteiger partial charge in [-0.25, -0.2) is 4.98 Å². The van der Waals surface area contributed by atoms with E-state index in [2.05, 4.69) is 36.1 Å². The van der Waals surface area contributed by atoms with Crippen molar-refractivity contribution in [3.05, 3.63) is 23.8 Å². The van der Waals surface area contributed by atoms with Crippen LogP contribution in [0.1, 0.15) is 62.6 Å². The Labute approximate surface area is 121 Å². The first-order valence-electron chi connectivity index (χ1n) is 7.47. The van der Waals surface area contributed by atoms with Gasteiger partial charge in [0.05, 0.1) is 11.9 Å². The maximum absolute atomic E-state index is 12.3. The van der Waals surface area contributed by atoms with Crippen molar-refractivity contribution < 1.29 is 4.79 Å². The van der Waals surface area contributed by atoms with Crippen LogP contribution in [0.3, 0.4) is 0 Å². The number of carbonyl (C=O) groups excluding carboxylic acids is 1. The number of nitrogens with zero attached hydrogens (tertiary/aromatic N) is 2. The summed E-state index contributed by atoms with van der Waals surface area (Å²) in [5, 5.41) is 3.17. The second-order valence-electron chi connectivity index (χ2n) is 6.88. The fourth-order valence-electron chi connectivity index (χ4n) is 3.09. The second kappa shape index (κ2) is 5.90. The molecule has 0 saturated heterocycles. The topological polar surface area (TPSA) is 54.9 Å². The normalized spacial score (nSPS) is 23.4. The number of aryl methyl sites for hydroxylation is 1. The molecule has 20 heavy (non-hydrogen) atoms. The first-order valence-corrected chi connectivity index (χ1v) is 7.47. The van der Waals surface area contributed by atoms with Crippen molar-refractivity contribution in [2.75, 3.05) is 0 Å². The molecule has 1 saturated carbocycles. The molecule has 1 fully saturated rings. The molecule has 1 aliphatic rings. The number of rotatable bonds is 2. The minimum atomic E-state index is -0.0985. The average molecular weight is 275 g/mol. The Morgan fingerprint density at radius 1 is 1.20 bits per heavy atom. The van der Waals surface area contributed by atoms with E-state index in [1.54, 1.807) is 12.4 Å². The molecular formula is C16H25N3O. The molecule has 1 aromatic rings.